The summed E-state index contributed by atoms with van der Waals surface area (Å²) in [7, 11) is 0. The molecule has 0 N–H and O–H groups in total. The summed E-state index contributed by atoms with van der Waals surface area (Å²) in [5.41, 5.74) is 0. The van der Waals surface area contributed by atoms with Crippen molar-refractivity contribution in [2.75, 3.05) is 12.3 Å². The highest BCUT2D eigenvalue weighted by Crippen LogP contribution is 2.36. The molecule has 3 aliphatic rings. The smallest absolute Gasteiger partial charge is 0.277 e. The fraction of sp³-hybridized carbons (Fsp3) is 0.842. The van der Waals surface area contributed by atoms with Crippen molar-refractivity contribution in [3.05, 3.63) is 5.89 Å². The molecule has 1 aromatic rings. The highest BCUT2D eigenvalue weighted by molar-refractivity contribution is 7.99. The van der Waals surface area contributed by atoms with Crippen LogP contribution < -0.4 is 0 Å². The Balaban J connectivity index is 1.31. The molecule has 3 fully saturated rings. The summed E-state index contributed by atoms with van der Waals surface area (Å²) in [6, 6.07) is 0.482. The van der Waals surface area contributed by atoms with Crippen LogP contribution in [-0.2, 0) is 4.79 Å². The van der Waals surface area contributed by atoms with Crippen molar-refractivity contribution >= 4 is 17.7 Å². The number of thioether (sulfide) groups is 1. The second-order valence-electron chi connectivity index (χ2n) is 7.87. The first-order valence-electron chi connectivity index (χ1n) is 10.1. The lowest BCUT2D eigenvalue weighted by Gasteiger charge is -2.44. The molecule has 138 valence electrons. The van der Waals surface area contributed by atoms with E-state index in [1.165, 1.54) is 63.1 Å². The molecule has 4 rings (SSSR count). The molecule has 1 amide bonds. The van der Waals surface area contributed by atoms with Crippen LogP contribution in [0.2, 0.25) is 0 Å². The van der Waals surface area contributed by atoms with E-state index in [1.54, 1.807) is 0 Å². The summed E-state index contributed by atoms with van der Waals surface area (Å²) in [5, 5.41) is 8.96. The molecular weight excluding hydrogens is 334 g/mol. The lowest BCUT2D eigenvalue weighted by molar-refractivity contribution is -0.134. The van der Waals surface area contributed by atoms with E-state index in [0.717, 1.165) is 37.6 Å². The standard InChI is InChI=1S/C19H29N3O2S/c23-17(22-12-6-10-14-7-4-5-11-16(14)22)13-25-19-21-20-18(24-19)15-8-2-1-3-9-15/h14-16H,1-13H2. The Hall–Kier alpha value is -1.04. The molecule has 2 heterocycles. The molecule has 5 nitrogen and oxygen atoms in total. The zero-order chi connectivity index (χ0) is 17.1. The van der Waals surface area contributed by atoms with Gasteiger partial charge in [0.25, 0.3) is 5.22 Å². The summed E-state index contributed by atoms with van der Waals surface area (Å²) >= 11 is 1.41. The van der Waals surface area contributed by atoms with Crippen LogP contribution in [0, 0.1) is 5.92 Å². The molecule has 0 spiro atoms. The summed E-state index contributed by atoms with van der Waals surface area (Å²) in [6.07, 6.45) is 13.7. The van der Waals surface area contributed by atoms with E-state index < -0.39 is 0 Å². The zero-order valence-corrected chi connectivity index (χ0v) is 15.8. The van der Waals surface area contributed by atoms with E-state index in [4.69, 9.17) is 4.42 Å². The van der Waals surface area contributed by atoms with Crippen molar-refractivity contribution in [3.63, 3.8) is 0 Å². The van der Waals surface area contributed by atoms with Crippen LogP contribution in [0.15, 0.2) is 9.64 Å². The fourth-order valence-corrected chi connectivity index (χ4v) is 5.59. The van der Waals surface area contributed by atoms with Crippen LogP contribution in [-0.4, -0.2) is 39.3 Å². The maximum Gasteiger partial charge on any atom is 0.277 e. The number of rotatable bonds is 4. The van der Waals surface area contributed by atoms with Gasteiger partial charge in [-0.15, -0.1) is 10.2 Å². The number of nitrogens with zero attached hydrogens (tertiary/aromatic N) is 3. The van der Waals surface area contributed by atoms with Crippen molar-refractivity contribution in [2.45, 2.75) is 87.8 Å². The normalized spacial score (nSPS) is 27.9. The van der Waals surface area contributed by atoms with Crippen molar-refractivity contribution < 1.29 is 9.21 Å². The molecule has 0 radical (unpaired) electrons. The van der Waals surface area contributed by atoms with E-state index in [-0.39, 0.29) is 5.91 Å². The van der Waals surface area contributed by atoms with Crippen molar-refractivity contribution in [1.29, 1.82) is 0 Å². The van der Waals surface area contributed by atoms with E-state index in [1.807, 2.05) is 0 Å². The van der Waals surface area contributed by atoms with Gasteiger partial charge in [-0.05, 0) is 44.4 Å². The third-order valence-corrected chi connectivity index (χ3v) is 7.06. The number of piperidine rings is 1. The van der Waals surface area contributed by atoms with Crippen LogP contribution in [0.4, 0.5) is 0 Å². The quantitative estimate of drug-likeness (QED) is 0.743. The summed E-state index contributed by atoms with van der Waals surface area (Å²) in [5.74, 6) is 2.61. The van der Waals surface area contributed by atoms with Gasteiger partial charge in [0.2, 0.25) is 11.8 Å². The number of carbonyl (C=O) groups is 1. The van der Waals surface area contributed by atoms with Crippen LogP contribution in [0.25, 0.3) is 0 Å². The fourth-order valence-electron chi connectivity index (χ4n) is 4.93. The molecule has 6 heteroatoms. The summed E-state index contributed by atoms with van der Waals surface area (Å²) in [4.78, 5) is 14.9. The Labute approximate surface area is 154 Å². The van der Waals surface area contributed by atoms with Crippen LogP contribution in [0.3, 0.4) is 0 Å². The Morgan fingerprint density at radius 2 is 1.76 bits per heavy atom. The first kappa shape index (κ1) is 17.4. The van der Waals surface area contributed by atoms with Gasteiger partial charge in [-0.25, -0.2) is 0 Å². The van der Waals surface area contributed by atoms with Crippen molar-refractivity contribution in [3.8, 4) is 0 Å². The van der Waals surface area contributed by atoms with Gasteiger partial charge in [0.15, 0.2) is 0 Å². The lowest BCUT2D eigenvalue weighted by Crippen LogP contribution is -2.50. The maximum atomic E-state index is 12.8. The highest BCUT2D eigenvalue weighted by atomic mass is 32.2. The van der Waals surface area contributed by atoms with Gasteiger partial charge in [0.05, 0.1) is 5.75 Å². The van der Waals surface area contributed by atoms with Gasteiger partial charge in [0.1, 0.15) is 0 Å². The molecule has 2 unspecified atom stereocenters. The molecule has 2 saturated carbocycles. The number of hydrogen-bond acceptors (Lipinski definition) is 5. The van der Waals surface area contributed by atoms with Crippen molar-refractivity contribution in [2.24, 2.45) is 5.92 Å². The van der Waals surface area contributed by atoms with E-state index in [9.17, 15) is 4.79 Å². The van der Waals surface area contributed by atoms with Gasteiger partial charge in [-0.3, -0.25) is 4.79 Å². The van der Waals surface area contributed by atoms with Crippen LogP contribution >= 0.6 is 11.8 Å². The number of aromatic nitrogens is 2. The molecule has 0 aromatic carbocycles. The predicted octanol–water partition coefficient (Wildman–Crippen LogP) is 4.39. The Bertz CT molecular complexity index is 583. The first-order chi connectivity index (χ1) is 12.3. The van der Waals surface area contributed by atoms with E-state index >= 15 is 0 Å². The third-order valence-electron chi connectivity index (χ3n) is 6.26. The average Bonchev–Trinajstić information content (AvgIpc) is 3.15. The minimum Gasteiger partial charge on any atom is -0.416 e. The van der Waals surface area contributed by atoms with Crippen LogP contribution in [0.1, 0.15) is 82.4 Å². The summed E-state index contributed by atoms with van der Waals surface area (Å²) < 4.78 is 5.84. The van der Waals surface area contributed by atoms with Crippen LogP contribution in [0.5, 0.6) is 0 Å². The topological polar surface area (TPSA) is 59.2 Å². The Morgan fingerprint density at radius 1 is 1.00 bits per heavy atom. The average molecular weight is 364 g/mol. The molecule has 1 aliphatic heterocycles. The van der Waals surface area contributed by atoms with Gasteiger partial charge in [0, 0.05) is 18.5 Å². The Morgan fingerprint density at radius 3 is 2.64 bits per heavy atom. The first-order valence-corrected chi connectivity index (χ1v) is 11.1. The minimum atomic E-state index is 0.249. The number of likely N-dealkylation sites (tertiary alicyclic amines) is 1. The van der Waals surface area contributed by atoms with Gasteiger partial charge < -0.3 is 9.32 Å². The molecule has 1 saturated heterocycles. The second-order valence-corrected chi connectivity index (χ2v) is 8.80. The minimum absolute atomic E-state index is 0.249. The highest BCUT2D eigenvalue weighted by Gasteiger charge is 2.35. The molecule has 2 atom stereocenters. The molecular formula is C19H29N3O2S. The maximum absolute atomic E-state index is 12.8. The van der Waals surface area contributed by atoms with Gasteiger partial charge in [-0.2, -0.15) is 0 Å². The summed E-state index contributed by atoms with van der Waals surface area (Å²) in [6.45, 7) is 0.928. The molecule has 0 bridgehead atoms. The monoisotopic (exact) mass is 363 g/mol. The van der Waals surface area contributed by atoms with E-state index in [0.29, 0.717) is 22.9 Å². The van der Waals surface area contributed by atoms with Gasteiger partial charge in [-0.1, -0.05) is 43.9 Å². The predicted molar refractivity (Wildman–Crippen MR) is 97.5 cm³/mol. The molecule has 2 aliphatic carbocycles. The Kier molecular flexibility index (Phi) is 5.63. The number of carbonyl (C=O) groups excluding carboxylic acids is 1. The number of hydrogen-bond donors (Lipinski definition) is 0. The van der Waals surface area contributed by atoms with Gasteiger partial charge >= 0.3 is 0 Å². The largest absolute Gasteiger partial charge is 0.416 e. The number of amides is 1. The molecule has 25 heavy (non-hydrogen) atoms. The van der Waals surface area contributed by atoms with E-state index in [2.05, 4.69) is 15.1 Å². The molecule has 1 aromatic heterocycles. The number of fused-ring (bicyclic) bond motifs is 1. The zero-order valence-electron chi connectivity index (χ0n) is 15.0. The van der Waals surface area contributed by atoms with Crippen molar-refractivity contribution in [1.82, 2.24) is 15.1 Å². The second kappa shape index (κ2) is 8.11. The SMILES string of the molecule is O=C(CSc1nnc(C2CCCCC2)o1)N1CCCC2CCCCC21. The third kappa shape index (κ3) is 4.04. The lowest BCUT2D eigenvalue weighted by atomic mass is 9.78.